The predicted octanol–water partition coefficient (Wildman–Crippen LogP) is 2.65. The molecule has 0 amide bonds. The highest BCUT2D eigenvalue weighted by molar-refractivity contribution is 9.10. The average Bonchev–Trinajstić information content (AvgIpc) is 2.35. The molecule has 0 aliphatic carbocycles. The fourth-order valence-corrected chi connectivity index (χ4v) is 2.09. The zero-order valence-electron chi connectivity index (χ0n) is 11.1. The smallest absolute Gasteiger partial charge is 0.180 e. The van der Waals surface area contributed by atoms with E-state index in [0.29, 0.717) is 28.4 Å². The Balaban J connectivity index is 2.56. The molecule has 0 saturated heterocycles. The van der Waals surface area contributed by atoms with E-state index >= 15 is 0 Å². The number of ether oxygens (including phenoxy) is 1. The number of rotatable bonds is 3. The van der Waals surface area contributed by atoms with E-state index in [1.54, 1.807) is 13.3 Å². The number of pyridine rings is 1. The zero-order valence-corrected chi connectivity index (χ0v) is 12.7. The van der Waals surface area contributed by atoms with Crippen LogP contribution in [0.25, 0.3) is 11.5 Å². The zero-order chi connectivity index (χ0) is 14.0. The van der Waals surface area contributed by atoms with Crippen molar-refractivity contribution < 1.29 is 4.74 Å². The number of hydrogen-bond acceptors (Lipinski definition) is 5. The second-order valence-electron chi connectivity index (χ2n) is 4.30. The highest BCUT2D eigenvalue weighted by atomic mass is 79.9. The third kappa shape index (κ3) is 2.90. The van der Waals surface area contributed by atoms with Crippen molar-refractivity contribution in [3.8, 4) is 11.5 Å². The van der Waals surface area contributed by atoms with E-state index in [1.165, 1.54) is 0 Å². The summed E-state index contributed by atoms with van der Waals surface area (Å²) in [4.78, 5) is 13.1. The number of aromatic nitrogens is 3. The van der Waals surface area contributed by atoms with E-state index in [0.717, 1.165) is 16.8 Å². The Kier molecular flexibility index (Phi) is 4.11. The molecule has 6 heteroatoms. The molecule has 2 N–H and O–H groups in total. The van der Waals surface area contributed by atoms with Crippen molar-refractivity contribution in [1.29, 1.82) is 0 Å². The standard InChI is InChI=1S/C13H15BrN4O/c1-7-4-8(2)11(16-5-7)13-17-9(6-19-3)10(14)12(15)18-13/h4-5H,6H2,1-3H3,(H2,15,17,18). The third-order valence-electron chi connectivity index (χ3n) is 2.65. The van der Waals surface area contributed by atoms with Crippen molar-refractivity contribution in [2.45, 2.75) is 20.5 Å². The summed E-state index contributed by atoms with van der Waals surface area (Å²) in [6.45, 7) is 4.34. The molecule has 19 heavy (non-hydrogen) atoms. The minimum absolute atomic E-state index is 0.366. The van der Waals surface area contributed by atoms with Crippen LogP contribution in [-0.4, -0.2) is 22.1 Å². The number of anilines is 1. The number of nitrogens with zero attached hydrogens (tertiary/aromatic N) is 3. The average molecular weight is 323 g/mol. The summed E-state index contributed by atoms with van der Waals surface area (Å²) >= 11 is 3.37. The van der Waals surface area contributed by atoms with Crippen molar-refractivity contribution in [3.05, 3.63) is 33.6 Å². The van der Waals surface area contributed by atoms with Crippen molar-refractivity contribution >= 4 is 21.7 Å². The molecule has 0 fully saturated rings. The second-order valence-corrected chi connectivity index (χ2v) is 5.10. The minimum Gasteiger partial charge on any atom is -0.383 e. The van der Waals surface area contributed by atoms with E-state index < -0.39 is 0 Å². The molecule has 5 nitrogen and oxygen atoms in total. The monoisotopic (exact) mass is 322 g/mol. The van der Waals surface area contributed by atoms with Crippen LogP contribution >= 0.6 is 15.9 Å². The Bertz CT molecular complexity index is 616. The molecule has 2 aromatic heterocycles. The van der Waals surface area contributed by atoms with Gasteiger partial charge in [0.05, 0.1) is 16.8 Å². The maximum absolute atomic E-state index is 5.89. The van der Waals surface area contributed by atoms with Gasteiger partial charge in [-0.2, -0.15) is 0 Å². The van der Waals surface area contributed by atoms with Gasteiger partial charge in [0.15, 0.2) is 5.82 Å². The summed E-state index contributed by atoms with van der Waals surface area (Å²) < 4.78 is 5.78. The van der Waals surface area contributed by atoms with Crippen LogP contribution in [0.5, 0.6) is 0 Å². The normalized spacial score (nSPS) is 10.7. The first-order valence-electron chi connectivity index (χ1n) is 5.77. The Hall–Kier alpha value is -1.53. The molecule has 0 radical (unpaired) electrons. The quantitative estimate of drug-likeness (QED) is 0.940. The lowest BCUT2D eigenvalue weighted by atomic mass is 10.1. The van der Waals surface area contributed by atoms with Gasteiger partial charge in [-0.1, -0.05) is 6.07 Å². The van der Waals surface area contributed by atoms with E-state index in [2.05, 4.69) is 30.9 Å². The van der Waals surface area contributed by atoms with E-state index in [9.17, 15) is 0 Å². The Labute approximate surface area is 120 Å². The van der Waals surface area contributed by atoms with Crippen LogP contribution in [0.15, 0.2) is 16.7 Å². The first kappa shape index (κ1) is 13.9. The molecule has 0 bridgehead atoms. The van der Waals surface area contributed by atoms with Crippen LogP contribution in [0.3, 0.4) is 0 Å². The van der Waals surface area contributed by atoms with Crippen molar-refractivity contribution in [3.63, 3.8) is 0 Å². The lowest BCUT2D eigenvalue weighted by Crippen LogP contribution is -2.05. The Morgan fingerprint density at radius 3 is 2.68 bits per heavy atom. The summed E-state index contributed by atoms with van der Waals surface area (Å²) in [5, 5.41) is 0. The van der Waals surface area contributed by atoms with Gasteiger partial charge in [0.25, 0.3) is 0 Å². The number of methoxy groups -OCH3 is 1. The number of hydrogen-bond donors (Lipinski definition) is 1. The van der Waals surface area contributed by atoms with Gasteiger partial charge in [-0.15, -0.1) is 0 Å². The summed E-state index contributed by atoms with van der Waals surface area (Å²) in [6, 6.07) is 2.04. The Morgan fingerprint density at radius 2 is 2.05 bits per heavy atom. The summed E-state index contributed by atoms with van der Waals surface area (Å²) in [5.41, 5.74) is 9.46. The molecular weight excluding hydrogens is 308 g/mol. The largest absolute Gasteiger partial charge is 0.383 e. The molecule has 100 valence electrons. The van der Waals surface area contributed by atoms with Crippen LogP contribution in [0, 0.1) is 13.8 Å². The van der Waals surface area contributed by atoms with E-state index in [4.69, 9.17) is 10.5 Å². The van der Waals surface area contributed by atoms with Gasteiger partial charge in [-0.05, 0) is 40.9 Å². The molecule has 0 aromatic carbocycles. The van der Waals surface area contributed by atoms with Crippen LogP contribution in [-0.2, 0) is 11.3 Å². The lowest BCUT2D eigenvalue weighted by molar-refractivity contribution is 0.181. The van der Waals surface area contributed by atoms with Gasteiger partial charge in [-0.25, -0.2) is 9.97 Å². The van der Waals surface area contributed by atoms with Crippen LogP contribution in [0.2, 0.25) is 0 Å². The summed E-state index contributed by atoms with van der Waals surface area (Å²) in [7, 11) is 1.61. The van der Waals surface area contributed by atoms with E-state index in [-0.39, 0.29) is 0 Å². The molecule has 0 spiro atoms. The molecule has 0 aliphatic rings. The van der Waals surface area contributed by atoms with Gasteiger partial charge in [0, 0.05) is 13.3 Å². The van der Waals surface area contributed by atoms with Gasteiger partial charge < -0.3 is 10.5 Å². The molecule has 0 saturated carbocycles. The summed E-state index contributed by atoms with van der Waals surface area (Å²) in [6.07, 6.45) is 1.79. The van der Waals surface area contributed by atoms with Gasteiger partial charge >= 0.3 is 0 Å². The Morgan fingerprint density at radius 1 is 1.32 bits per heavy atom. The second kappa shape index (κ2) is 5.63. The van der Waals surface area contributed by atoms with Crippen LogP contribution in [0.4, 0.5) is 5.82 Å². The fourth-order valence-electron chi connectivity index (χ4n) is 1.80. The molecular formula is C13H15BrN4O. The minimum atomic E-state index is 0.366. The molecule has 0 aliphatic heterocycles. The first-order valence-corrected chi connectivity index (χ1v) is 6.56. The highest BCUT2D eigenvalue weighted by Gasteiger charge is 2.13. The molecule has 2 heterocycles. The van der Waals surface area contributed by atoms with Gasteiger partial charge in [0.2, 0.25) is 0 Å². The molecule has 2 rings (SSSR count). The number of aryl methyl sites for hydroxylation is 2. The topological polar surface area (TPSA) is 73.9 Å². The molecule has 0 atom stereocenters. The first-order chi connectivity index (χ1) is 9.02. The van der Waals surface area contributed by atoms with Crippen molar-refractivity contribution in [2.24, 2.45) is 0 Å². The van der Waals surface area contributed by atoms with Crippen molar-refractivity contribution in [1.82, 2.24) is 15.0 Å². The maximum atomic E-state index is 5.89. The predicted molar refractivity (Wildman–Crippen MR) is 77.6 cm³/mol. The lowest BCUT2D eigenvalue weighted by Gasteiger charge is -2.09. The fraction of sp³-hybridized carbons (Fsp3) is 0.308. The van der Waals surface area contributed by atoms with Crippen LogP contribution < -0.4 is 5.73 Å². The van der Waals surface area contributed by atoms with Crippen molar-refractivity contribution in [2.75, 3.05) is 12.8 Å². The summed E-state index contributed by atoms with van der Waals surface area (Å²) in [5.74, 6) is 0.907. The van der Waals surface area contributed by atoms with Gasteiger partial charge in [0.1, 0.15) is 11.5 Å². The third-order valence-corrected chi connectivity index (χ3v) is 3.52. The van der Waals surface area contributed by atoms with E-state index in [1.807, 2.05) is 19.9 Å². The van der Waals surface area contributed by atoms with Crippen LogP contribution in [0.1, 0.15) is 16.8 Å². The molecule has 2 aromatic rings. The molecule has 0 unspecified atom stereocenters. The number of halogens is 1. The SMILES string of the molecule is COCc1nc(-c2ncc(C)cc2C)nc(N)c1Br. The van der Waals surface area contributed by atoms with Gasteiger partial charge in [-0.3, -0.25) is 4.98 Å². The highest BCUT2D eigenvalue weighted by Crippen LogP contribution is 2.26. The maximum Gasteiger partial charge on any atom is 0.180 e. The number of nitrogen functional groups attached to an aromatic ring is 1. The number of nitrogens with two attached hydrogens (primary N) is 1.